The van der Waals surface area contributed by atoms with E-state index in [2.05, 4.69) is 48.5 Å². The normalized spacial score (nSPS) is 11.2. The molecule has 0 aromatic heterocycles. The molecule has 23 heavy (non-hydrogen) atoms. The van der Waals surface area contributed by atoms with Gasteiger partial charge in [-0.1, -0.05) is 135 Å². The van der Waals surface area contributed by atoms with Crippen molar-refractivity contribution in [2.24, 2.45) is 17.8 Å². The van der Waals surface area contributed by atoms with Crippen LogP contribution >= 0.6 is 0 Å². The summed E-state index contributed by atoms with van der Waals surface area (Å²) >= 11 is 0. The highest BCUT2D eigenvalue weighted by Gasteiger charge is 2.03. The smallest absolute Gasteiger partial charge is 0.0443 e. The van der Waals surface area contributed by atoms with Crippen molar-refractivity contribution in [2.75, 3.05) is 0 Å². The molecule has 0 fully saturated rings. The topological polar surface area (TPSA) is 0 Å². The summed E-state index contributed by atoms with van der Waals surface area (Å²) in [5.74, 6) is 2.83. The van der Waals surface area contributed by atoms with Crippen molar-refractivity contribution in [1.29, 1.82) is 0 Å². The van der Waals surface area contributed by atoms with Crippen LogP contribution in [0.4, 0.5) is 0 Å². The summed E-state index contributed by atoms with van der Waals surface area (Å²) in [5, 5.41) is 0. The van der Waals surface area contributed by atoms with E-state index in [1.807, 2.05) is 41.5 Å². The molecular weight excluding hydrogens is 276 g/mol. The molecule has 0 saturated heterocycles. The van der Waals surface area contributed by atoms with Crippen molar-refractivity contribution in [3.63, 3.8) is 0 Å². The molecule has 0 bridgehead atoms. The Hall–Kier alpha value is 0. The van der Waals surface area contributed by atoms with Gasteiger partial charge < -0.3 is 0 Å². The molecule has 0 heterocycles. The molecule has 0 amide bonds. The van der Waals surface area contributed by atoms with Crippen LogP contribution in [0.25, 0.3) is 0 Å². The number of hydrogen-bond donors (Lipinski definition) is 0. The molecule has 0 radical (unpaired) electrons. The Labute approximate surface area is 153 Å². The van der Waals surface area contributed by atoms with E-state index in [0.29, 0.717) is 0 Å². The van der Waals surface area contributed by atoms with Crippen molar-refractivity contribution in [1.82, 2.24) is 0 Å². The third-order valence-corrected chi connectivity index (χ3v) is 4.02. The Bertz CT molecular complexity index is 124. The predicted octanol–water partition coefficient (Wildman–Crippen LogP) is 9.77. The fraction of sp³-hybridized carbons (Fsp3) is 1.00. The van der Waals surface area contributed by atoms with Crippen LogP contribution in [0, 0.1) is 17.8 Å². The van der Waals surface area contributed by atoms with E-state index in [-0.39, 0.29) is 0 Å². The van der Waals surface area contributed by atoms with Crippen molar-refractivity contribution in [3.8, 4) is 0 Å². The molecule has 0 aliphatic carbocycles. The fourth-order valence-corrected chi connectivity index (χ4v) is 1.70. The molecule has 0 N–H and O–H groups in total. The molecule has 0 aromatic rings. The third-order valence-electron chi connectivity index (χ3n) is 4.02. The third kappa shape index (κ3) is 44.9. The summed E-state index contributed by atoms with van der Waals surface area (Å²) < 4.78 is 0. The second-order valence-electron chi connectivity index (χ2n) is 5.91. The van der Waals surface area contributed by atoms with E-state index in [4.69, 9.17) is 0 Å². The molecule has 0 heteroatoms. The molecule has 2 atom stereocenters. The van der Waals surface area contributed by atoms with Gasteiger partial charge in [0.2, 0.25) is 0 Å². The first kappa shape index (κ1) is 34.4. The van der Waals surface area contributed by atoms with Crippen LogP contribution in [-0.2, 0) is 0 Å². The van der Waals surface area contributed by atoms with Gasteiger partial charge in [-0.2, -0.15) is 0 Å². The first-order chi connectivity index (χ1) is 11.0. The molecule has 0 saturated carbocycles. The highest BCUT2D eigenvalue weighted by Crippen LogP contribution is 2.17. The monoisotopic (exact) mass is 332 g/mol. The summed E-state index contributed by atoms with van der Waals surface area (Å²) in [6.07, 6.45) is 9.63. The number of hydrogen-bond acceptors (Lipinski definition) is 0. The first-order valence-electron chi connectivity index (χ1n) is 11.0. The maximum Gasteiger partial charge on any atom is -0.0443 e. The summed E-state index contributed by atoms with van der Waals surface area (Å²) in [7, 11) is 0. The molecule has 0 rings (SSSR count). The lowest BCUT2D eigenvalue weighted by molar-refractivity contribution is 0.404. The van der Waals surface area contributed by atoms with Gasteiger partial charge in [-0.15, -0.1) is 0 Å². The standard InChI is InChI=1S/C11H24.C6H14.3C2H6/c1-5-7-11(4)9-8-10(3)6-2;1-4-6(3)5-2;3*1-2/h10-11H,5-9H2,1-4H3;6H,4-5H2,1-3H3;3*1-2H3. The maximum atomic E-state index is 2.38. The summed E-state index contributed by atoms with van der Waals surface area (Å²) in [6, 6.07) is 0. The van der Waals surface area contributed by atoms with E-state index in [0.717, 1.165) is 17.8 Å². The van der Waals surface area contributed by atoms with E-state index in [9.17, 15) is 0 Å². The second-order valence-corrected chi connectivity index (χ2v) is 5.91. The van der Waals surface area contributed by atoms with Gasteiger partial charge in [0, 0.05) is 0 Å². The molecule has 148 valence electrons. The lowest BCUT2D eigenvalue weighted by Gasteiger charge is -2.12. The van der Waals surface area contributed by atoms with E-state index < -0.39 is 0 Å². The molecule has 0 spiro atoms. The van der Waals surface area contributed by atoms with Crippen molar-refractivity contribution in [2.45, 2.75) is 135 Å². The molecule has 2 unspecified atom stereocenters. The van der Waals surface area contributed by atoms with Crippen LogP contribution in [0.3, 0.4) is 0 Å². The van der Waals surface area contributed by atoms with Gasteiger partial charge in [-0.3, -0.25) is 0 Å². The molecule has 0 nitrogen and oxygen atoms in total. The summed E-state index contributed by atoms with van der Waals surface area (Å²) in [4.78, 5) is 0. The average Bonchev–Trinajstić information content (AvgIpc) is 2.64. The van der Waals surface area contributed by atoms with E-state index in [1.54, 1.807) is 0 Å². The molecule has 0 aliphatic heterocycles. The highest BCUT2D eigenvalue weighted by molar-refractivity contribution is 4.56. The SMILES string of the molecule is CC.CC.CC.CCC(C)CC.CCCC(C)CCC(C)CC. The molecular formula is C23H56. The first-order valence-corrected chi connectivity index (χ1v) is 11.0. The van der Waals surface area contributed by atoms with Gasteiger partial charge in [-0.05, 0) is 17.8 Å². The lowest BCUT2D eigenvalue weighted by Crippen LogP contribution is -1.98. The van der Waals surface area contributed by atoms with Crippen molar-refractivity contribution >= 4 is 0 Å². The van der Waals surface area contributed by atoms with Gasteiger partial charge >= 0.3 is 0 Å². The van der Waals surface area contributed by atoms with Gasteiger partial charge in [-0.25, -0.2) is 0 Å². The Kier molecular flexibility index (Phi) is 56.6. The minimum Gasteiger partial charge on any atom is -0.0683 e. The average molecular weight is 333 g/mol. The summed E-state index contributed by atoms with van der Waals surface area (Å²) in [5.41, 5.74) is 0. The van der Waals surface area contributed by atoms with E-state index >= 15 is 0 Å². The highest BCUT2D eigenvalue weighted by atomic mass is 14.1. The van der Waals surface area contributed by atoms with Crippen LogP contribution in [0.15, 0.2) is 0 Å². The predicted molar refractivity (Wildman–Crippen MR) is 117 cm³/mol. The molecule has 0 aliphatic rings. The second kappa shape index (κ2) is 37.9. The van der Waals surface area contributed by atoms with Crippen LogP contribution < -0.4 is 0 Å². The minimum absolute atomic E-state index is 0.935. The lowest BCUT2D eigenvalue weighted by atomic mass is 9.94. The van der Waals surface area contributed by atoms with Crippen molar-refractivity contribution < 1.29 is 0 Å². The van der Waals surface area contributed by atoms with Crippen LogP contribution in [0.2, 0.25) is 0 Å². The van der Waals surface area contributed by atoms with Gasteiger partial charge in [0.15, 0.2) is 0 Å². The van der Waals surface area contributed by atoms with Crippen molar-refractivity contribution in [3.05, 3.63) is 0 Å². The zero-order chi connectivity index (χ0) is 19.7. The van der Waals surface area contributed by atoms with Crippen LogP contribution in [0.1, 0.15) is 135 Å². The number of rotatable bonds is 8. The van der Waals surface area contributed by atoms with Gasteiger partial charge in [0.05, 0.1) is 0 Å². The van der Waals surface area contributed by atoms with Crippen LogP contribution in [0.5, 0.6) is 0 Å². The Morgan fingerprint density at radius 3 is 0.957 bits per heavy atom. The Morgan fingerprint density at radius 1 is 0.435 bits per heavy atom. The Balaban J connectivity index is -0.0000000762. The largest absolute Gasteiger partial charge is 0.0683 e. The summed E-state index contributed by atoms with van der Waals surface area (Å²) in [6.45, 7) is 28.0. The Morgan fingerprint density at radius 2 is 0.739 bits per heavy atom. The molecule has 0 aromatic carbocycles. The fourth-order valence-electron chi connectivity index (χ4n) is 1.70. The zero-order valence-corrected chi connectivity index (χ0v) is 19.7. The maximum absolute atomic E-state index is 2.38. The quantitative estimate of drug-likeness (QED) is 0.415. The van der Waals surface area contributed by atoms with Crippen LogP contribution in [-0.4, -0.2) is 0 Å². The van der Waals surface area contributed by atoms with Gasteiger partial charge in [0.1, 0.15) is 0 Å². The van der Waals surface area contributed by atoms with Gasteiger partial charge in [0.25, 0.3) is 0 Å². The van der Waals surface area contributed by atoms with E-state index in [1.165, 1.54) is 44.9 Å². The minimum atomic E-state index is 0.935. The zero-order valence-electron chi connectivity index (χ0n) is 19.7.